The lowest BCUT2D eigenvalue weighted by Crippen LogP contribution is -2.55. The zero-order valence-corrected chi connectivity index (χ0v) is 15.9. The standard InChI is InChI=1S/C18H29N3O3.ClH/c1-4-20-18(24)16(22)15(11-13-8-6-5-7-9-13)21-17(23)14(19)10-12(2)3;/h5-9,12,14-16,22H,4,10-11,19H2,1-3H3,(H,20,24)(H,21,23);1H. The Balaban J connectivity index is 0.00000576. The maximum Gasteiger partial charge on any atom is 0.250 e. The Hall–Kier alpha value is -1.63. The smallest absolute Gasteiger partial charge is 0.250 e. The first-order valence-corrected chi connectivity index (χ1v) is 8.40. The molecule has 0 saturated heterocycles. The quantitative estimate of drug-likeness (QED) is 0.520. The van der Waals surface area contributed by atoms with Crippen molar-refractivity contribution in [3.05, 3.63) is 35.9 Å². The van der Waals surface area contributed by atoms with Gasteiger partial charge in [-0.3, -0.25) is 9.59 Å². The average molecular weight is 372 g/mol. The molecular formula is C18H30ClN3O3. The van der Waals surface area contributed by atoms with Crippen LogP contribution in [0.15, 0.2) is 30.3 Å². The van der Waals surface area contributed by atoms with Crippen LogP contribution in [0, 0.1) is 5.92 Å². The third kappa shape index (κ3) is 8.34. The predicted molar refractivity (Wildman–Crippen MR) is 101 cm³/mol. The minimum atomic E-state index is -1.33. The summed E-state index contributed by atoms with van der Waals surface area (Å²) < 4.78 is 0. The minimum absolute atomic E-state index is 0. The molecule has 7 heteroatoms. The minimum Gasteiger partial charge on any atom is -0.381 e. The molecule has 3 unspecified atom stereocenters. The van der Waals surface area contributed by atoms with Gasteiger partial charge in [0.1, 0.15) is 0 Å². The molecule has 0 bridgehead atoms. The molecule has 142 valence electrons. The number of rotatable bonds is 9. The molecule has 0 aliphatic carbocycles. The van der Waals surface area contributed by atoms with E-state index in [-0.39, 0.29) is 24.2 Å². The number of hydrogen-bond acceptors (Lipinski definition) is 4. The van der Waals surface area contributed by atoms with Crippen molar-refractivity contribution in [1.29, 1.82) is 0 Å². The Morgan fingerprint density at radius 2 is 1.76 bits per heavy atom. The highest BCUT2D eigenvalue weighted by atomic mass is 35.5. The van der Waals surface area contributed by atoms with Gasteiger partial charge in [-0.15, -0.1) is 12.4 Å². The van der Waals surface area contributed by atoms with Crippen molar-refractivity contribution in [3.8, 4) is 0 Å². The molecule has 0 fully saturated rings. The number of amides is 2. The van der Waals surface area contributed by atoms with Crippen molar-refractivity contribution in [2.75, 3.05) is 6.54 Å². The zero-order chi connectivity index (χ0) is 18.1. The van der Waals surface area contributed by atoms with Crippen LogP contribution in [-0.4, -0.2) is 41.7 Å². The Kier molecular flexibility index (Phi) is 11.1. The summed E-state index contributed by atoms with van der Waals surface area (Å²) in [5.41, 5.74) is 6.82. The van der Waals surface area contributed by atoms with E-state index in [1.807, 2.05) is 44.2 Å². The number of aliphatic hydroxyl groups excluding tert-OH is 1. The summed E-state index contributed by atoms with van der Waals surface area (Å²) in [6.45, 7) is 6.15. The molecule has 6 nitrogen and oxygen atoms in total. The fraction of sp³-hybridized carbons (Fsp3) is 0.556. The molecule has 25 heavy (non-hydrogen) atoms. The molecule has 0 aliphatic rings. The van der Waals surface area contributed by atoms with E-state index in [1.165, 1.54) is 0 Å². The lowest BCUT2D eigenvalue weighted by Gasteiger charge is -2.25. The van der Waals surface area contributed by atoms with Crippen LogP contribution in [0.5, 0.6) is 0 Å². The topological polar surface area (TPSA) is 104 Å². The van der Waals surface area contributed by atoms with Crippen LogP contribution >= 0.6 is 12.4 Å². The predicted octanol–water partition coefficient (Wildman–Crippen LogP) is 1.01. The molecule has 2 amide bonds. The Morgan fingerprint density at radius 3 is 2.28 bits per heavy atom. The Morgan fingerprint density at radius 1 is 1.16 bits per heavy atom. The van der Waals surface area contributed by atoms with Gasteiger partial charge in [-0.05, 0) is 31.2 Å². The van der Waals surface area contributed by atoms with E-state index >= 15 is 0 Å². The Labute approximate surface area is 156 Å². The number of nitrogens with two attached hydrogens (primary N) is 1. The fourth-order valence-electron chi connectivity index (χ4n) is 2.48. The second kappa shape index (κ2) is 11.8. The van der Waals surface area contributed by atoms with E-state index < -0.39 is 24.1 Å². The SMILES string of the molecule is CCNC(=O)C(O)C(Cc1ccccc1)NC(=O)C(N)CC(C)C.Cl. The first-order valence-electron chi connectivity index (χ1n) is 8.40. The van der Waals surface area contributed by atoms with Crippen LogP contribution in [0.25, 0.3) is 0 Å². The van der Waals surface area contributed by atoms with Crippen LogP contribution in [0.3, 0.4) is 0 Å². The van der Waals surface area contributed by atoms with Gasteiger partial charge >= 0.3 is 0 Å². The maximum atomic E-state index is 12.3. The molecule has 0 radical (unpaired) electrons. The van der Waals surface area contributed by atoms with Gasteiger partial charge in [0.05, 0.1) is 12.1 Å². The number of carbonyl (C=O) groups is 2. The van der Waals surface area contributed by atoms with Crippen molar-refractivity contribution in [2.24, 2.45) is 11.7 Å². The zero-order valence-electron chi connectivity index (χ0n) is 15.1. The summed E-state index contributed by atoms with van der Waals surface area (Å²) >= 11 is 0. The number of carbonyl (C=O) groups excluding carboxylic acids is 2. The summed E-state index contributed by atoms with van der Waals surface area (Å²) in [5.74, 6) is -0.573. The monoisotopic (exact) mass is 371 g/mol. The van der Waals surface area contributed by atoms with Crippen molar-refractivity contribution < 1.29 is 14.7 Å². The van der Waals surface area contributed by atoms with Gasteiger partial charge in [-0.25, -0.2) is 0 Å². The summed E-state index contributed by atoms with van der Waals surface area (Å²) in [6, 6.07) is 8.01. The molecule has 1 aromatic carbocycles. The van der Waals surface area contributed by atoms with Gasteiger partial charge in [0.25, 0.3) is 5.91 Å². The van der Waals surface area contributed by atoms with Crippen LogP contribution < -0.4 is 16.4 Å². The summed E-state index contributed by atoms with van der Waals surface area (Å²) in [6.07, 6.45) is -0.444. The van der Waals surface area contributed by atoms with E-state index in [0.717, 1.165) is 5.56 Å². The van der Waals surface area contributed by atoms with Gasteiger partial charge in [0.2, 0.25) is 5.91 Å². The highest BCUT2D eigenvalue weighted by Crippen LogP contribution is 2.09. The molecule has 0 aromatic heterocycles. The lowest BCUT2D eigenvalue weighted by molar-refractivity contribution is -0.132. The highest BCUT2D eigenvalue weighted by molar-refractivity contribution is 5.85. The normalized spacial score (nSPS) is 14.2. The third-order valence-electron chi connectivity index (χ3n) is 3.69. The summed E-state index contributed by atoms with van der Waals surface area (Å²) in [7, 11) is 0. The van der Waals surface area contributed by atoms with Crippen molar-refractivity contribution in [2.45, 2.75) is 51.8 Å². The number of likely N-dealkylation sites (N-methyl/N-ethyl adjacent to an activating group) is 1. The maximum absolute atomic E-state index is 12.3. The number of aliphatic hydroxyl groups is 1. The Bertz CT molecular complexity index is 526. The van der Waals surface area contributed by atoms with Crippen molar-refractivity contribution in [1.82, 2.24) is 10.6 Å². The fourth-order valence-corrected chi connectivity index (χ4v) is 2.48. The van der Waals surface area contributed by atoms with Crippen LogP contribution in [-0.2, 0) is 16.0 Å². The number of hydrogen-bond donors (Lipinski definition) is 4. The van der Waals surface area contributed by atoms with Gasteiger partial charge in [-0.2, -0.15) is 0 Å². The number of nitrogens with one attached hydrogen (secondary N) is 2. The van der Waals surface area contributed by atoms with E-state index in [0.29, 0.717) is 19.4 Å². The van der Waals surface area contributed by atoms with Gasteiger partial charge < -0.3 is 21.5 Å². The largest absolute Gasteiger partial charge is 0.381 e. The van der Waals surface area contributed by atoms with Crippen molar-refractivity contribution >= 4 is 24.2 Å². The lowest BCUT2D eigenvalue weighted by atomic mass is 9.99. The van der Waals surface area contributed by atoms with Crippen molar-refractivity contribution in [3.63, 3.8) is 0 Å². The van der Waals surface area contributed by atoms with Crippen LogP contribution in [0.1, 0.15) is 32.8 Å². The molecule has 1 aromatic rings. The van der Waals surface area contributed by atoms with E-state index in [9.17, 15) is 14.7 Å². The van der Waals surface area contributed by atoms with E-state index in [2.05, 4.69) is 10.6 Å². The average Bonchev–Trinajstić information content (AvgIpc) is 2.54. The second-order valence-corrected chi connectivity index (χ2v) is 6.38. The second-order valence-electron chi connectivity index (χ2n) is 6.38. The van der Waals surface area contributed by atoms with Crippen LogP contribution in [0.2, 0.25) is 0 Å². The van der Waals surface area contributed by atoms with E-state index in [4.69, 9.17) is 5.73 Å². The first kappa shape index (κ1) is 23.4. The molecule has 1 rings (SSSR count). The number of benzene rings is 1. The van der Waals surface area contributed by atoms with Gasteiger partial charge in [-0.1, -0.05) is 44.2 Å². The van der Waals surface area contributed by atoms with Gasteiger partial charge in [0, 0.05) is 6.54 Å². The molecule has 5 N–H and O–H groups in total. The third-order valence-corrected chi connectivity index (χ3v) is 3.69. The molecule has 0 aliphatic heterocycles. The summed E-state index contributed by atoms with van der Waals surface area (Å²) in [5, 5.41) is 15.6. The van der Waals surface area contributed by atoms with E-state index in [1.54, 1.807) is 6.92 Å². The molecule has 0 spiro atoms. The molecule has 0 heterocycles. The number of halogens is 1. The first-order chi connectivity index (χ1) is 11.3. The van der Waals surface area contributed by atoms with Gasteiger partial charge in [0.15, 0.2) is 6.10 Å². The summed E-state index contributed by atoms with van der Waals surface area (Å²) in [4.78, 5) is 24.2. The highest BCUT2D eigenvalue weighted by Gasteiger charge is 2.29. The molecule has 3 atom stereocenters. The molecular weight excluding hydrogens is 342 g/mol. The molecule has 0 saturated carbocycles. The van der Waals surface area contributed by atoms with Crippen LogP contribution in [0.4, 0.5) is 0 Å².